The molecule has 1 unspecified atom stereocenters. The van der Waals surface area contributed by atoms with Crippen molar-refractivity contribution in [2.45, 2.75) is 51.6 Å². The van der Waals surface area contributed by atoms with E-state index in [0.29, 0.717) is 10.9 Å². The number of nitrogen functional groups attached to an aromatic ring is 1. The Bertz CT molecular complexity index is 1240. The second-order valence-corrected chi connectivity index (χ2v) is 14.8. The number of amides is 1. The number of pyridine rings is 1. The lowest BCUT2D eigenvalue weighted by atomic mass is 10.0. The van der Waals surface area contributed by atoms with Gasteiger partial charge in [-0.2, -0.15) is 0 Å². The maximum absolute atomic E-state index is 12.2. The molecule has 0 bridgehead atoms. The molecule has 8 nitrogen and oxygen atoms in total. The Morgan fingerprint density at radius 3 is 2.41 bits per heavy atom. The minimum atomic E-state index is -2.37. The highest BCUT2D eigenvalue weighted by Gasteiger charge is 2.40. The molecule has 9 heteroatoms. The number of rotatable bonds is 7. The van der Waals surface area contributed by atoms with E-state index in [0.717, 1.165) is 5.56 Å². The summed E-state index contributed by atoms with van der Waals surface area (Å²) < 4.78 is 6.74. The van der Waals surface area contributed by atoms with Gasteiger partial charge in [-0.25, -0.2) is 4.79 Å². The number of aromatic hydroxyl groups is 1. The van der Waals surface area contributed by atoms with Crippen LogP contribution in [-0.4, -0.2) is 41.1 Å². The molecule has 1 heterocycles. The highest BCUT2D eigenvalue weighted by molar-refractivity contribution is 6.74. The third-order valence-corrected chi connectivity index (χ3v) is 11.0. The third-order valence-electron chi connectivity index (χ3n) is 6.50. The molecule has 182 valence electrons. The first-order valence-corrected chi connectivity index (χ1v) is 14.0. The van der Waals surface area contributed by atoms with Crippen LogP contribution in [0.3, 0.4) is 0 Å². The lowest BCUT2D eigenvalue weighted by Gasteiger charge is -2.40. The molecule has 0 saturated heterocycles. The molecule has 2 aromatic carbocycles. The van der Waals surface area contributed by atoms with Crippen LogP contribution in [0.5, 0.6) is 5.75 Å². The molecule has 1 aromatic heterocycles. The number of aromatic nitrogens is 1. The lowest BCUT2D eigenvalue weighted by molar-refractivity contribution is 0.0987. The number of carbonyl (C=O) groups is 1. The first-order chi connectivity index (χ1) is 15.8. The number of benzene rings is 2. The van der Waals surface area contributed by atoms with E-state index in [1.165, 1.54) is 17.0 Å². The number of hydrogen-bond donors (Lipinski definition) is 4. The number of H-pyrrole nitrogens is 1. The molecule has 0 aliphatic carbocycles. The van der Waals surface area contributed by atoms with Gasteiger partial charge >= 0.3 is 6.09 Å². The highest BCUT2D eigenvalue weighted by Crippen LogP contribution is 2.42. The van der Waals surface area contributed by atoms with Crippen molar-refractivity contribution in [2.75, 3.05) is 12.3 Å². The van der Waals surface area contributed by atoms with E-state index in [1.54, 1.807) is 6.07 Å². The van der Waals surface area contributed by atoms with Crippen LogP contribution in [-0.2, 0) is 11.0 Å². The number of nitrogens with two attached hydrogens (primary N) is 1. The van der Waals surface area contributed by atoms with Crippen LogP contribution in [0.4, 0.5) is 10.5 Å². The third kappa shape index (κ3) is 5.43. The Balaban J connectivity index is 2.14. The molecule has 0 radical (unpaired) electrons. The summed E-state index contributed by atoms with van der Waals surface area (Å²) >= 11 is 0. The zero-order valence-corrected chi connectivity index (χ0v) is 21.3. The van der Waals surface area contributed by atoms with Crippen molar-refractivity contribution in [3.05, 3.63) is 70.0 Å². The first kappa shape index (κ1) is 25.3. The minimum absolute atomic E-state index is 0.0508. The SMILES string of the molecule is CC(C)(C)[Si](C)(C)OC(CN(Cc1ccccc1)C(=O)O)c1ccc(O)c2[nH]c(=O)cc(N)c12. The predicted molar refractivity (Wildman–Crippen MR) is 137 cm³/mol. The number of phenolic OH excluding ortho intramolecular Hbond substituents is 1. The van der Waals surface area contributed by atoms with Crippen LogP contribution >= 0.6 is 0 Å². The van der Waals surface area contributed by atoms with E-state index < -0.39 is 26.1 Å². The Kier molecular flexibility index (Phi) is 7.09. The number of nitrogens with one attached hydrogen (secondary N) is 1. The van der Waals surface area contributed by atoms with Crippen molar-refractivity contribution >= 4 is 31.0 Å². The lowest BCUT2D eigenvalue weighted by Crippen LogP contribution is -2.44. The number of phenols is 1. The van der Waals surface area contributed by atoms with Crippen LogP contribution in [0.2, 0.25) is 18.1 Å². The summed E-state index contributed by atoms with van der Waals surface area (Å²) in [5, 5.41) is 20.7. The second kappa shape index (κ2) is 9.52. The van der Waals surface area contributed by atoms with E-state index in [9.17, 15) is 19.8 Å². The molecule has 3 aromatic rings. The Labute approximate surface area is 200 Å². The molecule has 1 atom stereocenters. The van der Waals surface area contributed by atoms with Gasteiger partial charge in [-0.3, -0.25) is 4.79 Å². The van der Waals surface area contributed by atoms with E-state index in [2.05, 4.69) is 38.8 Å². The van der Waals surface area contributed by atoms with Crippen LogP contribution in [0, 0.1) is 0 Å². The second-order valence-electron chi connectivity index (χ2n) is 10.0. The maximum Gasteiger partial charge on any atom is 0.407 e. The molecule has 34 heavy (non-hydrogen) atoms. The van der Waals surface area contributed by atoms with Gasteiger partial charge in [-0.1, -0.05) is 57.2 Å². The van der Waals surface area contributed by atoms with Crippen molar-refractivity contribution in [1.82, 2.24) is 9.88 Å². The molecule has 0 saturated carbocycles. The van der Waals surface area contributed by atoms with Crippen LogP contribution in [0.25, 0.3) is 10.9 Å². The van der Waals surface area contributed by atoms with Gasteiger partial charge in [-0.05, 0) is 35.3 Å². The van der Waals surface area contributed by atoms with Gasteiger partial charge in [0.2, 0.25) is 0 Å². The molecule has 0 spiro atoms. The fourth-order valence-electron chi connectivity index (χ4n) is 3.63. The highest BCUT2D eigenvalue weighted by atomic mass is 28.4. The first-order valence-electron chi connectivity index (χ1n) is 11.1. The average Bonchev–Trinajstić information content (AvgIpc) is 2.73. The largest absolute Gasteiger partial charge is 0.506 e. The quantitative estimate of drug-likeness (QED) is 0.348. The fourth-order valence-corrected chi connectivity index (χ4v) is 4.90. The van der Waals surface area contributed by atoms with Crippen molar-refractivity contribution in [1.29, 1.82) is 0 Å². The number of anilines is 1. The topological polar surface area (TPSA) is 129 Å². The zero-order chi connectivity index (χ0) is 25.3. The Morgan fingerprint density at radius 1 is 1.18 bits per heavy atom. The van der Waals surface area contributed by atoms with Crippen molar-refractivity contribution in [3.63, 3.8) is 0 Å². The monoisotopic (exact) mass is 483 g/mol. The van der Waals surface area contributed by atoms with Gasteiger partial charge in [0.15, 0.2) is 8.32 Å². The van der Waals surface area contributed by atoms with E-state index in [4.69, 9.17) is 10.2 Å². The van der Waals surface area contributed by atoms with Crippen molar-refractivity contribution in [3.8, 4) is 5.75 Å². The summed E-state index contributed by atoms with van der Waals surface area (Å²) in [6.45, 7) is 10.7. The summed E-state index contributed by atoms with van der Waals surface area (Å²) in [4.78, 5) is 28.2. The maximum atomic E-state index is 12.2. The number of fused-ring (bicyclic) bond motifs is 1. The molecule has 0 aliphatic heterocycles. The summed E-state index contributed by atoms with van der Waals surface area (Å²) in [6, 6.07) is 13.8. The van der Waals surface area contributed by atoms with Gasteiger partial charge < -0.3 is 30.3 Å². The standard InChI is InChI=1S/C25H33N3O5Si/c1-25(2,3)34(4,5)33-20(15-28(24(31)32)14-16-9-7-6-8-10-16)17-11-12-19(29)23-22(17)18(26)13-21(30)27-23/h6-13,20,29H,14-15H2,1-5H3,(H,31,32)(H3,26,27,30). The summed E-state index contributed by atoms with van der Waals surface area (Å²) in [6.07, 6.45) is -1.74. The Morgan fingerprint density at radius 2 is 1.82 bits per heavy atom. The molecule has 1 amide bonds. The van der Waals surface area contributed by atoms with Crippen LogP contribution < -0.4 is 11.3 Å². The normalized spacial score (nSPS) is 13.1. The molecule has 3 rings (SSSR count). The van der Waals surface area contributed by atoms with Gasteiger partial charge in [0, 0.05) is 23.7 Å². The molecule has 0 aliphatic rings. The van der Waals surface area contributed by atoms with Crippen LogP contribution in [0.1, 0.15) is 38.0 Å². The molecule has 5 N–H and O–H groups in total. The predicted octanol–water partition coefficient (Wildman–Crippen LogP) is 5.06. The Hall–Kier alpha value is -3.30. The molecular weight excluding hydrogens is 450 g/mol. The average molecular weight is 484 g/mol. The van der Waals surface area contributed by atoms with Crippen molar-refractivity contribution < 1.29 is 19.4 Å². The smallest absolute Gasteiger partial charge is 0.407 e. The minimum Gasteiger partial charge on any atom is -0.506 e. The number of carboxylic acid groups (broad SMARTS) is 1. The number of nitrogens with zero attached hydrogens (tertiary/aromatic N) is 1. The summed E-state index contributed by atoms with van der Waals surface area (Å²) in [7, 11) is -2.37. The summed E-state index contributed by atoms with van der Waals surface area (Å²) in [5.74, 6) is -0.117. The van der Waals surface area contributed by atoms with Crippen molar-refractivity contribution in [2.24, 2.45) is 0 Å². The molecular formula is C25H33N3O5Si. The van der Waals surface area contributed by atoms with E-state index in [-0.39, 0.29) is 35.1 Å². The van der Waals surface area contributed by atoms with E-state index >= 15 is 0 Å². The number of hydrogen-bond acceptors (Lipinski definition) is 5. The van der Waals surface area contributed by atoms with Gasteiger partial charge in [-0.15, -0.1) is 0 Å². The van der Waals surface area contributed by atoms with E-state index in [1.807, 2.05) is 30.3 Å². The molecule has 0 fully saturated rings. The summed E-state index contributed by atoms with van der Waals surface area (Å²) in [5.41, 5.74) is 7.66. The van der Waals surface area contributed by atoms with Crippen LogP contribution in [0.15, 0.2) is 53.3 Å². The number of aromatic amines is 1. The van der Waals surface area contributed by atoms with Gasteiger partial charge in [0.05, 0.1) is 18.2 Å². The van der Waals surface area contributed by atoms with Gasteiger partial charge in [0.1, 0.15) is 5.75 Å². The fraction of sp³-hybridized carbons (Fsp3) is 0.360. The zero-order valence-electron chi connectivity index (χ0n) is 20.3. The van der Waals surface area contributed by atoms with Gasteiger partial charge in [0.25, 0.3) is 5.56 Å².